The Bertz CT molecular complexity index is 685. The Balaban J connectivity index is 1.58. The van der Waals surface area contributed by atoms with Gasteiger partial charge in [0.15, 0.2) is 0 Å². The number of piperidine rings is 2. The molecule has 5 nitrogen and oxygen atoms in total. The summed E-state index contributed by atoms with van der Waals surface area (Å²) in [6, 6.07) is 8.90. The molecule has 25 heavy (non-hydrogen) atoms. The number of likely N-dealkylation sites (tertiary alicyclic amines) is 1. The second-order valence-electron chi connectivity index (χ2n) is 7.26. The van der Waals surface area contributed by atoms with Crippen LogP contribution in [0.25, 0.3) is 11.4 Å². The first-order valence-corrected chi connectivity index (χ1v) is 9.49. The molecule has 2 aliphatic rings. The number of hydrogen-bond donors (Lipinski definition) is 1. The fourth-order valence-corrected chi connectivity index (χ4v) is 3.94. The molecule has 0 atom stereocenters. The molecule has 3 heterocycles. The number of nitrogens with one attached hydrogen (secondary N) is 1. The second-order valence-corrected chi connectivity index (χ2v) is 7.26. The highest BCUT2D eigenvalue weighted by atomic mass is 16.5. The first-order valence-electron chi connectivity index (χ1n) is 9.49. The van der Waals surface area contributed by atoms with E-state index in [1.807, 2.05) is 6.20 Å². The van der Waals surface area contributed by atoms with Gasteiger partial charge in [0, 0.05) is 31.5 Å². The molecule has 1 N–H and O–H groups in total. The van der Waals surface area contributed by atoms with Gasteiger partial charge in [-0.2, -0.15) is 0 Å². The van der Waals surface area contributed by atoms with Crippen molar-refractivity contribution in [2.24, 2.45) is 0 Å². The van der Waals surface area contributed by atoms with Crippen molar-refractivity contribution in [2.45, 2.75) is 37.8 Å². The minimum absolute atomic E-state index is 0.305. The van der Waals surface area contributed by atoms with Gasteiger partial charge in [-0.3, -0.25) is 0 Å². The summed E-state index contributed by atoms with van der Waals surface area (Å²) in [6.07, 6.45) is 8.84. The summed E-state index contributed by atoms with van der Waals surface area (Å²) < 4.78 is 8.75. The van der Waals surface area contributed by atoms with Crippen LogP contribution in [0.1, 0.15) is 31.7 Å². The van der Waals surface area contributed by atoms with Gasteiger partial charge in [-0.1, -0.05) is 12.1 Å². The van der Waals surface area contributed by atoms with Crippen molar-refractivity contribution in [3.63, 3.8) is 0 Å². The summed E-state index contributed by atoms with van der Waals surface area (Å²) >= 11 is 0. The zero-order valence-corrected chi connectivity index (χ0v) is 15.0. The fourth-order valence-electron chi connectivity index (χ4n) is 3.94. The van der Waals surface area contributed by atoms with Crippen molar-refractivity contribution in [1.82, 2.24) is 19.8 Å². The van der Waals surface area contributed by atoms with Crippen LogP contribution in [-0.4, -0.2) is 53.8 Å². The summed E-state index contributed by atoms with van der Waals surface area (Å²) in [7, 11) is 2.18. The molecule has 1 aromatic heterocycles. The molecule has 5 heteroatoms. The lowest BCUT2D eigenvalue weighted by molar-refractivity contribution is 0.115. The highest BCUT2D eigenvalue weighted by Gasteiger charge is 2.22. The van der Waals surface area contributed by atoms with Crippen LogP contribution in [0.5, 0.6) is 5.75 Å². The number of aromatic nitrogens is 2. The maximum absolute atomic E-state index is 6.41. The normalized spacial score (nSPS) is 20.7. The number of hydrogen-bond acceptors (Lipinski definition) is 4. The maximum Gasteiger partial charge on any atom is 0.143 e. The summed E-state index contributed by atoms with van der Waals surface area (Å²) in [5, 5.41) is 3.44. The molecule has 1 aromatic carbocycles. The number of benzene rings is 1. The number of rotatable bonds is 4. The van der Waals surface area contributed by atoms with Gasteiger partial charge >= 0.3 is 0 Å². The topological polar surface area (TPSA) is 42.3 Å². The van der Waals surface area contributed by atoms with E-state index in [9.17, 15) is 0 Å². The Hall–Kier alpha value is -1.85. The lowest BCUT2D eigenvalue weighted by Crippen LogP contribution is -2.35. The van der Waals surface area contributed by atoms with E-state index in [1.165, 1.54) is 0 Å². The molecule has 2 aliphatic heterocycles. The molecule has 2 saturated heterocycles. The fraction of sp³-hybridized carbons (Fsp3) is 0.550. The quantitative estimate of drug-likeness (QED) is 0.929. The molecule has 0 unspecified atom stereocenters. The minimum atomic E-state index is 0.305. The molecule has 2 aromatic rings. The molecule has 0 amide bonds. The lowest BCUT2D eigenvalue weighted by atomic mass is 10.1. The third-order valence-corrected chi connectivity index (χ3v) is 5.46. The third-order valence-electron chi connectivity index (χ3n) is 5.46. The monoisotopic (exact) mass is 340 g/mol. The molecule has 0 radical (unpaired) electrons. The van der Waals surface area contributed by atoms with Crippen LogP contribution < -0.4 is 10.1 Å². The van der Waals surface area contributed by atoms with Gasteiger partial charge in [-0.25, -0.2) is 4.98 Å². The molecule has 4 rings (SSSR count). The van der Waals surface area contributed by atoms with Crippen molar-refractivity contribution in [2.75, 3.05) is 33.2 Å². The van der Waals surface area contributed by atoms with E-state index in [0.717, 1.165) is 69.0 Å². The van der Waals surface area contributed by atoms with Crippen LogP contribution in [0, 0.1) is 0 Å². The van der Waals surface area contributed by atoms with Gasteiger partial charge in [0.05, 0.1) is 5.56 Å². The molecule has 134 valence electrons. The number of imidazole rings is 1. The van der Waals surface area contributed by atoms with Crippen LogP contribution in [0.3, 0.4) is 0 Å². The van der Waals surface area contributed by atoms with E-state index in [2.05, 4.69) is 57.3 Å². The predicted molar refractivity (Wildman–Crippen MR) is 100.0 cm³/mol. The molecular formula is C20H28N4O. The van der Waals surface area contributed by atoms with Gasteiger partial charge < -0.3 is 19.5 Å². The smallest absolute Gasteiger partial charge is 0.143 e. The zero-order valence-electron chi connectivity index (χ0n) is 15.0. The van der Waals surface area contributed by atoms with Gasteiger partial charge in [0.2, 0.25) is 0 Å². The number of nitrogens with zero attached hydrogens (tertiary/aromatic N) is 3. The Labute approximate surface area is 150 Å². The van der Waals surface area contributed by atoms with Crippen LogP contribution in [0.2, 0.25) is 0 Å². The van der Waals surface area contributed by atoms with Crippen molar-refractivity contribution in [3.05, 3.63) is 36.7 Å². The van der Waals surface area contributed by atoms with Crippen LogP contribution in [0.15, 0.2) is 36.7 Å². The van der Waals surface area contributed by atoms with Gasteiger partial charge in [0.1, 0.15) is 17.7 Å². The highest BCUT2D eigenvalue weighted by molar-refractivity contribution is 5.64. The van der Waals surface area contributed by atoms with Crippen molar-refractivity contribution in [1.29, 1.82) is 0 Å². The van der Waals surface area contributed by atoms with E-state index in [1.54, 1.807) is 0 Å². The Morgan fingerprint density at radius 3 is 2.64 bits per heavy atom. The molecule has 0 aliphatic carbocycles. The number of ether oxygens (including phenoxy) is 1. The molecular weight excluding hydrogens is 312 g/mol. The van der Waals surface area contributed by atoms with E-state index >= 15 is 0 Å². The van der Waals surface area contributed by atoms with Crippen LogP contribution >= 0.6 is 0 Å². The molecule has 0 spiro atoms. The largest absolute Gasteiger partial charge is 0.490 e. The zero-order chi connectivity index (χ0) is 17.1. The average molecular weight is 340 g/mol. The number of para-hydroxylation sites is 1. The van der Waals surface area contributed by atoms with Crippen LogP contribution in [-0.2, 0) is 0 Å². The molecule has 0 saturated carbocycles. The average Bonchev–Trinajstić information content (AvgIpc) is 3.14. The van der Waals surface area contributed by atoms with E-state index in [0.29, 0.717) is 12.1 Å². The first-order chi connectivity index (χ1) is 12.3. The second kappa shape index (κ2) is 7.58. The standard InChI is InChI=1S/C20H28N4O/c1-23-13-8-17(9-14-23)25-19-5-3-2-4-18(19)20-22-12-15-24(20)16-6-10-21-11-7-16/h2-5,12,15-17,21H,6-11,13-14H2,1H3. The minimum Gasteiger partial charge on any atom is -0.490 e. The Morgan fingerprint density at radius 2 is 1.84 bits per heavy atom. The third kappa shape index (κ3) is 3.72. The molecule has 2 fully saturated rings. The Kier molecular flexibility index (Phi) is 5.04. The van der Waals surface area contributed by atoms with E-state index in [-0.39, 0.29) is 0 Å². The maximum atomic E-state index is 6.41. The van der Waals surface area contributed by atoms with Gasteiger partial charge in [-0.05, 0) is 58.0 Å². The van der Waals surface area contributed by atoms with Crippen molar-refractivity contribution in [3.8, 4) is 17.1 Å². The lowest BCUT2D eigenvalue weighted by Gasteiger charge is -2.30. The highest BCUT2D eigenvalue weighted by Crippen LogP contribution is 2.33. The van der Waals surface area contributed by atoms with Gasteiger partial charge in [-0.15, -0.1) is 0 Å². The van der Waals surface area contributed by atoms with Gasteiger partial charge in [0.25, 0.3) is 0 Å². The summed E-state index contributed by atoms with van der Waals surface area (Å²) in [6.45, 7) is 4.37. The summed E-state index contributed by atoms with van der Waals surface area (Å²) in [5.74, 6) is 2.01. The first kappa shape index (κ1) is 16.6. The predicted octanol–water partition coefficient (Wildman–Crippen LogP) is 2.95. The van der Waals surface area contributed by atoms with E-state index in [4.69, 9.17) is 4.74 Å². The van der Waals surface area contributed by atoms with Crippen molar-refractivity contribution >= 4 is 0 Å². The van der Waals surface area contributed by atoms with E-state index < -0.39 is 0 Å². The Morgan fingerprint density at radius 1 is 1.08 bits per heavy atom. The van der Waals surface area contributed by atoms with Crippen molar-refractivity contribution < 1.29 is 4.74 Å². The summed E-state index contributed by atoms with van der Waals surface area (Å²) in [4.78, 5) is 7.05. The molecule has 0 bridgehead atoms. The SMILES string of the molecule is CN1CCC(Oc2ccccc2-c2nccn2C2CCNCC2)CC1. The summed E-state index contributed by atoms with van der Waals surface area (Å²) in [5.41, 5.74) is 1.12. The van der Waals surface area contributed by atoms with Crippen LogP contribution in [0.4, 0.5) is 0 Å².